The molecular formula is C74H144O17P2. The Kier molecular flexibility index (Phi) is 64.6. The third kappa shape index (κ3) is 68.4. The first kappa shape index (κ1) is 91.1. The zero-order valence-corrected chi connectivity index (χ0v) is 62.3. The van der Waals surface area contributed by atoms with Crippen molar-refractivity contribution >= 4 is 39.5 Å². The predicted octanol–water partition coefficient (Wildman–Crippen LogP) is 21.6. The van der Waals surface area contributed by atoms with E-state index in [0.29, 0.717) is 31.6 Å². The summed E-state index contributed by atoms with van der Waals surface area (Å²) in [6, 6.07) is 0. The SMILES string of the molecule is CCCCCCCCCCCCCCCCC(=O)OC[C@H](COP(=O)(O)OC[C@@H](O)COP(=O)(O)OC[C@@H](COC(=O)CCCCCCCCCC(C)C)OC(=O)CCCCCCCCCCCCCCC)OC(=O)CCCCCCCCCCCCCCCC(C)C. The van der Waals surface area contributed by atoms with Crippen molar-refractivity contribution in [1.29, 1.82) is 0 Å². The van der Waals surface area contributed by atoms with E-state index >= 15 is 0 Å². The van der Waals surface area contributed by atoms with E-state index < -0.39 is 97.5 Å². The van der Waals surface area contributed by atoms with Crippen LogP contribution in [0.5, 0.6) is 0 Å². The maximum Gasteiger partial charge on any atom is 0.472 e. The minimum Gasteiger partial charge on any atom is -0.462 e. The van der Waals surface area contributed by atoms with E-state index in [-0.39, 0.29) is 25.7 Å². The lowest BCUT2D eigenvalue weighted by Crippen LogP contribution is -2.30. The van der Waals surface area contributed by atoms with E-state index in [4.69, 9.17) is 37.0 Å². The van der Waals surface area contributed by atoms with Gasteiger partial charge in [-0.1, -0.05) is 330 Å². The topological polar surface area (TPSA) is 237 Å². The molecule has 0 bridgehead atoms. The number of hydrogen-bond acceptors (Lipinski definition) is 15. The third-order valence-corrected chi connectivity index (χ3v) is 19.1. The summed E-state index contributed by atoms with van der Waals surface area (Å²) in [6.07, 6.45) is 52.6. The number of ether oxygens (including phenoxy) is 4. The van der Waals surface area contributed by atoms with E-state index in [9.17, 15) is 43.2 Å². The van der Waals surface area contributed by atoms with Gasteiger partial charge in [-0.25, -0.2) is 9.13 Å². The number of phosphoric ester groups is 2. The van der Waals surface area contributed by atoms with Gasteiger partial charge in [0.05, 0.1) is 26.4 Å². The van der Waals surface area contributed by atoms with Crippen LogP contribution in [0, 0.1) is 11.8 Å². The third-order valence-electron chi connectivity index (χ3n) is 17.2. The second-order valence-corrected chi connectivity index (χ2v) is 30.5. The Bertz CT molecular complexity index is 1800. The molecule has 0 aliphatic rings. The van der Waals surface area contributed by atoms with Crippen molar-refractivity contribution in [3.63, 3.8) is 0 Å². The van der Waals surface area contributed by atoms with Gasteiger partial charge in [0.2, 0.25) is 0 Å². The summed E-state index contributed by atoms with van der Waals surface area (Å²) in [7, 11) is -9.91. The Morgan fingerprint density at radius 2 is 0.495 bits per heavy atom. The molecule has 0 aromatic heterocycles. The molecule has 0 rings (SSSR count). The fraction of sp³-hybridized carbons (Fsp3) is 0.946. The molecule has 0 heterocycles. The van der Waals surface area contributed by atoms with E-state index in [2.05, 4.69) is 41.5 Å². The molecule has 0 spiro atoms. The Balaban J connectivity index is 5.25. The molecule has 0 aliphatic heterocycles. The van der Waals surface area contributed by atoms with Gasteiger partial charge in [-0.05, 0) is 37.5 Å². The summed E-state index contributed by atoms with van der Waals surface area (Å²) in [5.41, 5.74) is 0. The van der Waals surface area contributed by atoms with E-state index in [1.165, 1.54) is 193 Å². The van der Waals surface area contributed by atoms with Crippen molar-refractivity contribution in [1.82, 2.24) is 0 Å². The molecular weight excluding hydrogens is 1220 g/mol. The Labute approximate surface area is 568 Å². The molecule has 2 unspecified atom stereocenters. The number of phosphoric acid groups is 2. The summed E-state index contributed by atoms with van der Waals surface area (Å²) in [5, 5.41) is 10.6. The molecule has 5 atom stereocenters. The molecule has 19 heteroatoms. The van der Waals surface area contributed by atoms with E-state index in [1.807, 2.05) is 0 Å². The second kappa shape index (κ2) is 66.0. The maximum atomic E-state index is 13.1. The number of carbonyl (C=O) groups is 4. The fourth-order valence-corrected chi connectivity index (χ4v) is 12.9. The zero-order valence-electron chi connectivity index (χ0n) is 60.6. The van der Waals surface area contributed by atoms with E-state index in [0.717, 1.165) is 102 Å². The largest absolute Gasteiger partial charge is 0.472 e. The van der Waals surface area contributed by atoms with Gasteiger partial charge in [-0.3, -0.25) is 37.3 Å². The molecule has 552 valence electrons. The van der Waals surface area contributed by atoms with Gasteiger partial charge in [0, 0.05) is 25.7 Å². The quantitative estimate of drug-likeness (QED) is 0.0222. The molecule has 0 aromatic rings. The zero-order chi connectivity index (χ0) is 68.6. The smallest absolute Gasteiger partial charge is 0.462 e. The molecule has 17 nitrogen and oxygen atoms in total. The number of aliphatic hydroxyl groups excluding tert-OH is 1. The highest BCUT2D eigenvalue weighted by molar-refractivity contribution is 7.47. The van der Waals surface area contributed by atoms with Gasteiger partial charge in [0.15, 0.2) is 12.2 Å². The number of aliphatic hydroxyl groups is 1. The Morgan fingerprint density at radius 3 is 0.731 bits per heavy atom. The standard InChI is InChI=1S/C74H144O17P2/c1-7-9-11-13-15-17-19-21-25-28-32-38-44-50-56-71(76)84-62-69(90-74(79)59-53-47-40-34-30-26-22-24-27-31-36-42-48-54-66(3)4)64-88-92(80,81)86-60-68(75)61-87-93(82,83)89-65-70(63-85-72(77)57-51-45-41-35-37-43-49-55-67(5)6)91-73(78)58-52-46-39-33-29-23-20-18-16-14-12-10-8-2/h66-70,75H,7-65H2,1-6H3,(H,80,81)(H,82,83)/t68-,69-,70-/m1/s1. The molecule has 3 N–H and O–H groups in total. The maximum absolute atomic E-state index is 13.1. The monoisotopic (exact) mass is 1370 g/mol. The molecule has 93 heavy (non-hydrogen) atoms. The molecule has 0 radical (unpaired) electrons. The van der Waals surface area contributed by atoms with E-state index in [1.54, 1.807) is 0 Å². The van der Waals surface area contributed by atoms with Gasteiger partial charge >= 0.3 is 39.5 Å². The van der Waals surface area contributed by atoms with Crippen LogP contribution in [0.1, 0.15) is 382 Å². The summed E-state index contributed by atoms with van der Waals surface area (Å²) >= 11 is 0. The minimum absolute atomic E-state index is 0.107. The second-order valence-electron chi connectivity index (χ2n) is 27.6. The fourth-order valence-electron chi connectivity index (χ4n) is 11.3. The highest BCUT2D eigenvalue weighted by atomic mass is 31.2. The number of carbonyl (C=O) groups excluding carboxylic acids is 4. The summed E-state index contributed by atoms with van der Waals surface area (Å²) in [5.74, 6) is -0.625. The average molecular weight is 1370 g/mol. The van der Waals surface area contributed by atoms with Gasteiger partial charge < -0.3 is 33.8 Å². The van der Waals surface area contributed by atoms with Gasteiger partial charge in [0.1, 0.15) is 19.3 Å². The van der Waals surface area contributed by atoms with Gasteiger partial charge in [-0.15, -0.1) is 0 Å². The van der Waals surface area contributed by atoms with Crippen molar-refractivity contribution in [2.24, 2.45) is 11.8 Å². The van der Waals surface area contributed by atoms with Crippen LogP contribution in [-0.4, -0.2) is 96.7 Å². The van der Waals surface area contributed by atoms with Gasteiger partial charge in [-0.2, -0.15) is 0 Å². The molecule has 0 aliphatic carbocycles. The van der Waals surface area contributed by atoms with Gasteiger partial charge in [0.25, 0.3) is 0 Å². The lowest BCUT2D eigenvalue weighted by Gasteiger charge is -2.21. The summed E-state index contributed by atoms with van der Waals surface area (Å²) in [4.78, 5) is 72.7. The van der Waals surface area contributed by atoms with Crippen LogP contribution in [0.15, 0.2) is 0 Å². The molecule has 0 amide bonds. The van der Waals surface area contributed by atoms with Crippen molar-refractivity contribution < 1.29 is 80.2 Å². The van der Waals surface area contributed by atoms with Crippen LogP contribution < -0.4 is 0 Å². The average Bonchev–Trinajstić information content (AvgIpc) is 2.73. The van der Waals surface area contributed by atoms with Crippen molar-refractivity contribution in [3.05, 3.63) is 0 Å². The number of unbranched alkanes of at least 4 members (excludes halogenated alkanes) is 43. The van der Waals surface area contributed by atoms with Crippen LogP contribution in [0.25, 0.3) is 0 Å². The van der Waals surface area contributed by atoms with Crippen molar-refractivity contribution in [2.75, 3.05) is 39.6 Å². The van der Waals surface area contributed by atoms with Crippen LogP contribution in [-0.2, 0) is 65.4 Å². The minimum atomic E-state index is -4.96. The molecule has 0 aromatic carbocycles. The van der Waals surface area contributed by atoms with Crippen LogP contribution in [0.3, 0.4) is 0 Å². The van der Waals surface area contributed by atoms with Crippen molar-refractivity contribution in [3.8, 4) is 0 Å². The summed E-state index contributed by atoms with van der Waals surface area (Å²) < 4.78 is 68.5. The normalized spacial score (nSPS) is 14.1. The summed E-state index contributed by atoms with van der Waals surface area (Å²) in [6.45, 7) is 9.55. The van der Waals surface area contributed by atoms with Crippen molar-refractivity contribution in [2.45, 2.75) is 400 Å². The molecule has 0 fully saturated rings. The van der Waals surface area contributed by atoms with Crippen LogP contribution in [0.4, 0.5) is 0 Å². The van der Waals surface area contributed by atoms with Crippen LogP contribution >= 0.6 is 15.6 Å². The number of rotatable bonds is 73. The Hall–Kier alpha value is -1.94. The predicted molar refractivity (Wildman–Crippen MR) is 377 cm³/mol. The lowest BCUT2D eigenvalue weighted by molar-refractivity contribution is -0.161. The lowest BCUT2D eigenvalue weighted by atomic mass is 10.0. The number of hydrogen-bond donors (Lipinski definition) is 3. The highest BCUT2D eigenvalue weighted by Crippen LogP contribution is 2.45. The first-order valence-electron chi connectivity index (χ1n) is 38.5. The first-order chi connectivity index (χ1) is 44.9. The molecule has 0 saturated carbocycles. The number of esters is 4. The first-order valence-corrected chi connectivity index (χ1v) is 41.5. The van der Waals surface area contributed by atoms with Crippen LogP contribution in [0.2, 0.25) is 0 Å². The molecule has 0 saturated heterocycles. The highest BCUT2D eigenvalue weighted by Gasteiger charge is 2.30. The Morgan fingerprint density at radius 1 is 0.290 bits per heavy atom.